The second-order valence-electron chi connectivity index (χ2n) is 5.64. The summed E-state index contributed by atoms with van der Waals surface area (Å²) in [5, 5.41) is 17.2. The number of carbonyl (C=O) groups is 1. The lowest BCUT2D eigenvalue weighted by atomic mass is 10.2. The van der Waals surface area contributed by atoms with Crippen molar-refractivity contribution in [3.05, 3.63) is 42.2 Å². The molecule has 0 saturated carbocycles. The average molecular weight is 313 g/mol. The smallest absolute Gasteiger partial charge is 0.354 e. The third-order valence-corrected chi connectivity index (χ3v) is 4.06. The second-order valence-corrected chi connectivity index (χ2v) is 5.64. The third kappa shape index (κ3) is 3.39. The van der Waals surface area contributed by atoms with Crippen molar-refractivity contribution in [2.45, 2.75) is 18.9 Å². The highest BCUT2D eigenvalue weighted by Crippen LogP contribution is 2.24. The Morgan fingerprint density at radius 1 is 1.39 bits per heavy atom. The maximum atomic E-state index is 11.1. The van der Waals surface area contributed by atoms with Gasteiger partial charge in [0.15, 0.2) is 11.5 Å². The van der Waals surface area contributed by atoms with Crippen LogP contribution >= 0.6 is 0 Å². The van der Waals surface area contributed by atoms with E-state index in [0.29, 0.717) is 11.9 Å². The Hall–Kier alpha value is -2.70. The van der Waals surface area contributed by atoms with Crippen LogP contribution < -0.4 is 9.80 Å². The summed E-state index contributed by atoms with van der Waals surface area (Å²) in [5.74, 6) is 0.536. The minimum absolute atomic E-state index is 0.0616. The Morgan fingerprint density at radius 3 is 3.00 bits per heavy atom. The SMILES string of the molecule is CN(CC1CCCN1c1cccnn1)c1cccc(C(=O)O)n1. The van der Waals surface area contributed by atoms with Gasteiger partial charge in [0.25, 0.3) is 0 Å². The summed E-state index contributed by atoms with van der Waals surface area (Å²) in [7, 11) is 1.93. The first-order chi connectivity index (χ1) is 11.1. The largest absolute Gasteiger partial charge is 0.477 e. The van der Waals surface area contributed by atoms with E-state index < -0.39 is 5.97 Å². The molecule has 0 amide bonds. The summed E-state index contributed by atoms with van der Waals surface area (Å²) in [5.41, 5.74) is 0.0616. The molecule has 3 heterocycles. The second kappa shape index (κ2) is 6.60. The zero-order valence-electron chi connectivity index (χ0n) is 13.0. The molecule has 2 aromatic heterocycles. The molecule has 1 unspecified atom stereocenters. The van der Waals surface area contributed by atoms with Crippen molar-refractivity contribution in [2.75, 3.05) is 29.9 Å². The third-order valence-electron chi connectivity index (χ3n) is 4.06. The molecule has 1 saturated heterocycles. The van der Waals surface area contributed by atoms with E-state index in [9.17, 15) is 4.79 Å². The number of aromatic carboxylic acids is 1. The molecule has 0 aromatic carbocycles. The van der Waals surface area contributed by atoms with E-state index in [1.807, 2.05) is 30.1 Å². The fourth-order valence-electron chi connectivity index (χ4n) is 2.94. The van der Waals surface area contributed by atoms with Crippen molar-refractivity contribution in [2.24, 2.45) is 0 Å². The maximum absolute atomic E-state index is 11.1. The van der Waals surface area contributed by atoms with Crippen molar-refractivity contribution in [3.63, 3.8) is 0 Å². The van der Waals surface area contributed by atoms with Crippen molar-refractivity contribution < 1.29 is 9.90 Å². The van der Waals surface area contributed by atoms with Crippen molar-refractivity contribution in [1.82, 2.24) is 15.2 Å². The van der Waals surface area contributed by atoms with E-state index in [1.165, 1.54) is 6.07 Å². The Bertz CT molecular complexity index is 679. The standard InChI is InChI=1S/C16H19N5O2/c1-20(14-7-2-6-13(18-14)16(22)23)11-12-5-4-10-21(12)15-8-3-9-17-19-15/h2-3,6-9,12H,4-5,10-11H2,1H3,(H,22,23). The number of pyridine rings is 1. The average Bonchev–Trinajstić information content (AvgIpc) is 3.04. The van der Waals surface area contributed by atoms with E-state index in [-0.39, 0.29) is 5.69 Å². The van der Waals surface area contributed by atoms with Crippen LogP contribution in [0.5, 0.6) is 0 Å². The van der Waals surface area contributed by atoms with Gasteiger partial charge < -0.3 is 14.9 Å². The van der Waals surface area contributed by atoms with Crippen LogP contribution in [0.2, 0.25) is 0 Å². The molecule has 0 aliphatic carbocycles. The van der Waals surface area contributed by atoms with E-state index in [4.69, 9.17) is 5.11 Å². The van der Waals surface area contributed by atoms with Gasteiger partial charge in [0.2, 0.25) is 0 Å². The van der Waals surface area contributed by atoms with Gasteiger partial charge in [-0.25, -0.2) is 9.78 Å². The molecule has 7 nitrogen and oxygen atoms in total. The van der Waals surface area contributed by atoms with E-state index >= 15 is 0 Å². The monoisotopic (exact) mass is 313 g/mol. The zero-order valence-corrected chi connectivity index (χ0v) is 13.0. The lowest BCUT2D eigenvalue weighted by Crippen LogP contribution is -2.39. The Morgan fingerprint density at radius 2 is 2.26 bits per heavy atom. The first-order valence-corrected chi connectivity index (χ1v) is 7.61. The molecule has 1 N–H and O–H groups in total. The van der Waals surface area contributed by atoms with Gasteiger partial charge in [-0.15, -0.1) is 5.10 Å². The van der Waals surface area contributed by atoms with Crippen molar-refractivity contribution >= 4 is 17.6 Å². The van der Waals surface area contributed by atoms with Gasteiger partial charge in [-0.2, -0.15) is 5.10 Å². The van der Waals surface area contributed by atoms with Crippen LogP contribution in [0.1, 0.15) is 23.3 Å². The molecular weight excluding hydrogens is 294 g/mol. The predicted molar refractivity (Wildman–Crippen MR) is 86.9 cm³/mol. The summed E-state index contributed by atoms with van der Waals surface area (Å²) in [4.78, 5) is 19.5. The fraction of sp³-hybridized carbons (Fsp3) is 0.375. The molecule has 1 aliphatic rings. The summed E-state index contributed by atoms with van der Waals surface area (Å²) in [6.45, 7) is 1.71. The number of carboxylic acids is 1. The first kappa shape index (κ1) is 15.2. The minimum atomic E-state index is -1.01. The zero-order chi connectivity index (χ0) is 16.2. The first-order valence-electron chi connectivity index (χ1n) is 7.61. The van der Waals surface area contributed by atoms with Crippen molar-refractivity contribution in [3.8, 4) is 0 Å². The molecule has 0 spiro atoms. The van der Waals surface area contributed by atoms with Gasteiger partial charge in [0.1, 0.15) is 5.82 Å². The summed E-state index contributed by atoms with van der Waals surface area (Å²) >= 11 is 0. The Labute approximate surface area is 134 Å². The summed E-state index contributed by atoms with van der Waals surface area (Å²) in [6, 6.07) is 9.22. The fourth-order valence-corrected chi connectivity index (χ4v) is 2.94. The predicted octanol–water partition coefficient (Wildman–Crippen LogP) is 1.68. The number of nitrogens with zero attached hydrogens (tertiary/aromatic N) is 5. The topological polar surface area (TPSA) is 82.5 Å². The molecule has 1 fully saturated rings. The highest BCUT2D eigenvalue weighted by atomic mass is 16.4. The number of carboxylic acid groups (broad SMARTS) is 1. The quantitative estimate of drug-likeness (QED) is 0.899. The molecule has 7 heteroatoms. The number of hydrogen-bond donors (Lipinski definition) is 1. The van der Waals surface area contributed by atoms with Gasteiger partial charge in [0, 0.05) is 32.4 Å². The highest BCUT2D eigenvalue weighted by molar-refractivity contribution is 5.85. The Kier molecular flexibility index (Phi) is 4.36. The van der Waals surface area contributed by atoms with Crippen LogP contribution in [0.15, 0.2) is 36.5 Å². The number of rotatable bonds is 5. The van der Waals surface area contributed by atoms with Crippen LogP contribution in [0, 0.1) is 0 Å². The molecule has 2 aromatic rings. The van der Waals surface area contributed by atoms with Gasteiger partial charge >= 0.3 is 5.97 Å². The molecule has 120 valence electrons. The molecule has 1 aliphatic heterocycles. The number of likely N-dealkylation sites (N-methyl/N-ethyl adjacent to an activating group) is 1. The van der Waals surface area contributed by atoms with Gasteiger partial charge in [-0.3, -0.25) is 0 Å². The normalized spacial score (nSPS) is 17.3. The Balaban J connectivity index is 1.73. The molecule has 0 radical (unpaired) electrons. The molecule has 1 atom stereocenters. The number of aromatic nitrogens is 3. The van der Waals surface area contributed by atoms with Crippen LogP contribution in [0.25, 0.3) is 0 Å². The maximum Gasteiger partial charge on any atom is 0.354 e. The summed E-state index contributed by atoms with van der Waals surface area (Å²) in [6.07, 6.45) is 3.85. The lowest BCUT2D eigenvalue weighted by Gasteiger charge is -2.29. The summed E-state index contributed by atoms with van der Waals surface area (Å²) < 4.78 is 0. The van der Waals surface area contributed by atoms with Gasteiger partial charge in [-0.1, -0.05) is 6.07 Å². The number of anilines is 2. The van der Waals surface area contributed by atoms with Crippen molar-refractivity contribution in [1.29, 1.82) is 0 Å². The minimum Gasteiger partial charge on any atom is -0.477 e. The lowest BCUT2D eigenvalue weighted by molar-refractivity contribution is 0.0690. The molecule has 3 rings (SSSR count). The van der Waals surface area contributed by atoms with Crippen LogP contribution in [-0.2, 0) is 0 Å². The molecular formula is C16H19N5O2. The van der Waals surface area contributed by atoms with E-state index in [2.05, 4.69) is 20.1 Å². The number of hydrogen-bond acceptors (Lipinski definition) is 6. The van der Waals surface area contributed by atoms with Gasteiger partial charge in [-0.05, 0) is 37.1 Å². The molecule has 23 heavy (non-hydrogen) atoms. The van der Waals surface area contributed by atoms with E-state index in [0.717, 1.165) is 31.7 Å². The van der Waals surface area contributed by atoms with Crippen LogP contribution in [0.4, 0.5) is 11.6 Å². The molecule has 0 bridgehead atoms. The van der Waals surface area contributed by atoms with Crippen LogP contribution in [0.3, 0.4) is 0 Å². The highest BCUT2D eigenvalue weighted by Gasteiger charge is 2.27. The van der Waals surface area contributed by atoms with Gasteiger partial charge in [0.05, 0.1) is 0 Å². The van der Waals surface area contributed by atoms with Crippen LogP contribution in [-0.4, -0.2) is 52.4 Å². The van der Waals surface area contributed by atoms with E-state index in [1.54, 1.807) is 12.3 Å².